The van der Waals surface area contributed by atoms with Crippen LogP contribution in [0.2, 0.25) is 0 Å². The second-order valence-electron chi connectivity index (χ2n) is 2.60. The largest absolute Gasteiger partial charge is 1.00 e. The van der Waals surface area contributed by atoms with Gasteiger partial charge in [0.25, 0.3) is 5.92 Å². The third-order valence-electron chi connectivity index (χ3n) is 1.23. The molecule has 0 aliphatic heterocycles. The molecule has 8 heteroatoms. The fourth-order valence-corrected chi connectivity index (χ4v) is 0.801. The zero-order chi connectivity index (χ0) is 10.1. The van der Waals surface area contributed by atoms with Crippen molar-refractivity contribution in [3.05, 3.63) is 12.2 Å². The van der Waals surface area contributed by atoms with Crippen LogP contribution in [-0.2, 0) is 6.54 Å². The summed E-state index contributed by atoms with van der Waals surface area (Å²) in [6.45, 7) is -0.163. The Morgan fingerprint density at radius 2 is 2.29 bits per heavy atom. The molecule has 0 fully saturated rings. The molecule has 1 aromatic rings. The normalized spacial score (nSPS) is 10.8. The maximum Gasteiger partial charge on any atom is 1.00 e. The van der Waals surface area contributed by atoms with Gasteiger partial charge in [-0.2, -0.15) is 5.10 Å². The SMILES string of the molecule is CC(F)(F)Cn1ncnc1C(=O)[O-].[Li+]. The number of aromatic carboxylic acids is 1. The Hall–Kier alpha value is -0.933. The van der Waals surface area contributed by atoms with E-state index in [0.29, 0.717) is 11.6 Å². The fraction of sp³-hybridized carbons (Fsp3) is 0.500. The molecule has 0 bridgehead atoms. The number of hydrogen-bond donors (Lipinski definition) is 0. The molecule has 0 unspecified atom stereocenters. The van der Waals surface area contributed by atoms with Crippen LogP contribution in [0.25, 0.3) is 0 Å². The molecule has 5 nitrogen and oxygen atoms in total. The van der Waals surface area contributed by atoms with Crippen LogP contribution in [-0.4, -0.2) is 26.7 Å². The molecule has 0 spiro atoms. The molecule has 72 valence electrons. The molecule has 0 amide bonds. The van der Waals surface area contributed by atoms with Crippen LogP contribution in [0.4, 0.5) is 8.78 Å². The van der Waals surface area contributed by atoms with Crippen LogP contribution in [0.15, 0.2) is 6.33 Å². The van der Waals surface area contributed by atoms with Gasteiger partial charge in [-0.25, -0.2) is 18.4 Å². The summed E-state index contributed by atoms with van der Waals surface area (Å²) in [6, 6.07) is 0. The second-order valence-corrected chi connectivity index (χ2v) is 2.60. The van der Waals surface area contributed by atoms with Gasteiger partial charge >= 0.3 is 18.9 Å². The summed E-state index contributed by atoms with van der Waals surface area (Å²) >= 11 is 0. The quantitative estimate of drug-likeness (QED) is 0.467. The Morgan fingerprint density at radius 1 is 1.71 bits per heavy atom. The summed E-state index contributed by atoms with van der Waals surface area (Å²) in [4.78, 5) is 13.5. The van der Waals surface area contributed by atoms with Crippen LogP contribution in [0.1, 0.15) is 17.5 Å². The summed E-state index contributed by atoms with van der Waals surface area (Å²) in [6.07, 6.45) is 0.886. The summed E-state index contributed by atoms with van der Waals surface area (Å²) < 4.78 is 25.4. The predicted octanol–water partition coefficient (Wildman–Crippen LogP) is -3.70. The first-order valence-electron chi connectivity index (χ1n) is 3.37. The Bertz CT molecular complexity index is 323. The van der Waals surface area contributed by atoms with Gasteiger partial charge in [-0.3, -0.25) is 0 Å². The Morgan fingerprint density at radius 3 is 2.71 bits per heavy atom. The van der Waals surface area contributed by atoms with Gasteiger partial charge in [0, 0.05) is 6.92 Å². The van der Waals surface area contributed by atoms with E-state index in [1.807, 2.05) is 0 Å². The van der Waals surface area contributed by atoms with Crippen molar-refractivity contribution in [3.63, 3.8) is 0 Å². The molecule has 0 atom stereocenters. The van der Waals surface area contributed by atoms with Crippen LogP contribution in [0.5, 0.6) is 0 Å². The number of hydrogen-bond acceptors (Lipinski definition) is 4. The molecule has 0 saturated carbocycles. The molecular formula is C6H6F2LiN3O2. The van der Waals surface area contributed by atoms with E-state index in [4.69, 9.17) is 0 Å². The fourth-order valence-electron chi connectivity index (χ4n) is 0.801. The first kappa shape index (κ1) is 13.1. The molecule has 0 aliphatic rings. The van der Waals surface area contributed by atoms with E-state index in [1.54, 1.807) is 0 Å². The van der Waals surface area contributed by atoms with Gasteiger partial charge < -0.3 is 9.90 Å². The molecule has 1 rings (SSSR count). The standard InChI is InChI=1S/C6H7F2N3O2.Li/c1-6(7,8)2-11-4(5(12)13)9-3-10-11;/h3H,2H2,1H3,(H,12,13);/q;+1/p-1. The van der Waals surface area contributed by atoms with Crippen molar-refractivity contribution in [2.75, 3.05) is 0 Å². The number of carbonyl (C=O) groups excluding carboxylic acids is 1. The maximum atomic E-state index is 12.4. The van der Waals surface area contributed by atoms with Crippen molar-refractivity contribution in [2.45, 2.75) is 19.4 Å². The maximum absolute atomic E-state index is 12.4. The van der Waals surface area contributed by atoms with Crippen molar-refractivity contribution in [1.29, 1.82) is 0 Å². The molecule has 0 saturated heterocycles. The van der Waals surface area contributed by atoms with Crippen molar-refractivity contribution >= 4 is 5.97 Å². The summed E-state index contributed by atoms with van der Waals surface area (Å²) in [5.74, 6) is -5.25. The molecule has 1 aromatic heterocycles. The number of halogens is 2. The number of carboxylic acids is 1. The van der Waals surface area contributed by atoms with E-state index in [0.717, 1.165) is 6.33 Å². The molecule has 14 heavy (non-hydrogen) atoms. The number of aromatic nitrogens is 3. The minimum Gasteiger partial charge on any atom is -0.542 e. The van der Waals surface area contributed by atoms with Crippen molar-refractivity contribution in [2.24, 2.45) is 0 Å². The summed E-state index contributed by atoms with van der Waals surface area (Å²) in [7, 11) is 0. The second kappa shape index (κ2) is 4.53. The molecule has 0 aliphatic carbocycles. The Labute approximate surface area is 90.3 Å². The van der Waals surface area contributed by atoms with Crippen molar-refractivity contribution < 1.29 is 37.5 Å². The number of alkyl halides is 2. The van der Waals surface area contributed by atoms with E-state index in [1.165, 1.54) is 0 Å². The number of nitrogens with zero attached hydrogens (tertiary/aromatic N) is 3. The van der Waals surface area contributed by atoms with Gasteiger partial charge in [-0.05, 0) is 0 Å². The summed E-state index contributed by atoms with van der Waals surface area (Å²) in [5, 5.41) is 13.6. The van der Waals surface area contributed by atoms with Crippen LogP contribution in [0.3, 0.4) is 0 Å². The van der Waals surface area contributed by atoms with Crippen molar-refractivity contribution in [3.8, 4) is 0 Å². The Kier molecular flexibility index (Phi) is 4.23. The van der Waals surface area contributed by atoms with Gasteiger partial charge in [0.1, 0.15) is 18.8 Å². The van der Waals surface area contributed by atoms with Gasteiger partial charge in [0.2, 0.25) is 0 Å². The molecule has 0 N–H and O–H groups in total. The topological polar surface area (TPSA) is 70.8 Å². The van der Waals surface area contributed by atoms with Crippen molar-refractivity contribution in [1.82, 2.24) is 14.8 Å². The first-order valence-corrected chi connectivity index (χ1v) is 3.37. The van der Waals surface area contributed by atoms with Crippen LogP contribution in [0, 0.1) is 0 Å². The van der Waals surface area contributed by atoms with Gasteiger partial charge in [0.05, 0.1) is 0 Å². The molecule has 1 heterocycles. The zero-order valence-corrected chi connectivity index (χ0v) is 7.70. The minimum atomic E-state index is -3.03. The van der Waals surface area contributed by atoms with E-state index < -0.39 is 24.3 Å². The average Bonchev–Trinajstić information content (AvgIpc) is 2.31. The van der Waals surface area contributed by atoms with Gasteiger partial charge in [-0.1, -0.05) is 0 Å². The Balaban J connectivity index is 0.00000169. The third kappa shape index (κ3) is 3.44. The number of carbonyl (C=O) groups is 1. The molecular weight excluding hydrogens is 191 g/mol. The first-order chi connectivity index (χ1) is 5.90. The van der Waals surface area contributed by atoms with Gasteiger partial charge in [0.15, 0.2) is 5.82 Å². The van der Waals surface area contributed by atoms with E-state index in [9.17, 15) is 18.7 Å². The monoisotopic (exact) mass is 197 g/mol. The van der Waals surface area contributed by atoms with Gasteiger partial charge in [-0.15, -0.1) is 0 Å². The number of carboxylic acid groups (broad SMARTS) is 1. The van der Waals surface area contributed by atoms with Crippen LogP contribution < -0.4 is 24.0 Å². The summed E-state index contributed by atoms with van der Waals surface area (Å²) in [5.41, 5.74) is 0. The zero-order valence-electron chi connectivity index (χ0n) is 7.70. The molecule has 0 aromatic carbocycles. The minimum absolute atomic E-state index is 0. The smallest absolute Gasteiger partial charge is 0.542 e. The van der Waals surface area contributed by atoms with Crippen LogP contribution >= 0.6 is 0 Å². The third-order valence-corrected chi connectivity index (χ3v) is 1.23. The predicted molar refractivity (Wildman–Crippen MR) is 35.0 cm³/mol. The van der Waals surface area contributed by atoms with E-state index >= 15 is 0 Å². The number of rotatable bonds is 3. The van der Waals surface area contributed by atoms with E-state index in [2.05, 4.69) is 10.1 Å². The van der Waals surface area contributed by atoms with E-state index in [-0.39, 0.29) is 18.9 Å². The molecule has 0 radical (unpaired) electrons. The average molecular weight is 197 g/mol.